The quantitative estimate of drug-likeness (QED) is 0.716. The van der Waals surface area contributed by atoms with Crippen molar-refractivity contribution in [3.8, 4) is 0 Å². The Morgan fingerprint density at radius 3 is 2.78 bits per heavy atom. The number of hydrogen-bond donors (Lipinski definition) is 2. The highest BCUT2D eigenvalue weighted by Crippen LogP contribution is 2.38. The lowest BCUT2D eigenvalue weighted by molar-refractivity contribution is 0.700. The van der Waals surface area contributed by atoms with Crippen molar-refractivity contribution < 1.29 is 0 Å². The fourth-order valence-electron chi connectivity index (χ4n) is 3.23. The van der Waals surface area contributed by atoms with E-state index in [1.165, 1.54) is 40.7 Å². The van der Waals surface area contributed by atoms with Crippen molar-refractivity contribution in [3.63, 3.8) is 0 Å². The fraction of sp³-hybridized carbons (Fsp3) is 0.333. The summed E-state index contributed by atoms with van der Waals surface area (Å²) in [6.45, 7) is 0.862. The minimum atomic E-state index is 0.809. The summed E-state index contributed by atoms with van der Waals surface area (Å²) in [6, 6.07) is 8.07. The Balaban J connectivity index is 1.54. The zero-order valence-electron chi connectivity index (χ0n) is 13.0. The molecule has 0 amide bonds. The first-order valence-corrected chi connectivity index (χ1v) is 8.96. The van der Waals surface area contributed by atoms with Gasteiger partial charge in [0.25, 0.3) is 0 Å². The lowest BCUT2D eigenvalue weighted by Crippen LogP contribution is -2.08. The van der Waals surface area contributed by atoms with E-state index in [2.05, 4.69) is 27.4 Å². The topological polar surface area (TPSA) is 63.8 Å². The third-order valence-corrected chi connectivity index (χ3v) is 5.64. The number of nitrogen functional groups attached to an aromatic ring is 1. The van der Waals surface area contributed by atoms with Crippen LogP contribution in [0.4, 0.5) is 11.5 Å². The Labute approximate surface area is 139 Å². The number of aryl methyl sites for hydroxylation is 2. The zero-order valence-corrected chi connectivity index (χ0v) is 13.8. The number of hydrogen-bond acceptors (Lipinski definition) is 5. The summed E-state index contributed by atoms with van der Waals surface area (Å²) in [5, 5.41) is 4.77. The summed E-state index contributed by atoms with van der Waals surface area (Å²) in [5.41, 5.74) is 9.30. The monoisotopic (exact) mass is 324 g/mol. The van der Waals surface area contributed by atoms with Crippen molar-refractivity contribution in [3.05, 3.63) is 46.6 Å². The molecule has 0 bridgehead atoms. The molecule has 3 N–H and O–H groups in total. The van der Waals surface area contributed by atoms with E-state index >= 15 is 0 Å². The van der Waals surface area contributed by atoms with E-state index in [9.17, 15) is 0 Å². The van der Waals surface area contributed by atoms with E-state index in [4.69, 9.17) is 5.73 Å². The van der Waals surface area contributed by atoms with Crippen LogP contribution in [0, 0.1) is 0 Å². The number of thiophene rings is 1. The lowest BCUT2D eigenvalue weighted by Gasteiger charge is -2.12. The minimum Gasteiger partial charge on any atom is -0.399 e. The molecular weight excluding hydrogens is 304 g/mol. The smallest absolute Gasteiger partial charge is 0.138 e. The maximum absolute atomic E-state index is 5.73. The average molecular weight is 324 g/mol. The van der Waals surface area contributed by atoms with E-state index in [1.807, 2.05) is 23.5 Å². The molecule has 2 heterocycles. The molecule has 0 radical (unpaired) electrons. The van der Waals surface area contributed by atoms with Gasteiger partial charge in [-0.1, -0.05) is 12.1 Å². The lowest BCUT2D eigenvalue weighted by atomic mass is 9.97. The number of fused-ring (bicyclic) bond motifs is 3. The van der Waals surface area contributed by atoms with Crippen molar-refractivity contribution in [1.29, 1.82) is 0 Å². The number of nitrogens with zero attached hydrogens (tertiary/aromatic N) is 2. The molecule has 0 saturated carbocycles. The summed E-state index contributed by atoms with van der Waals surface area (Å²) in [5.74, 6) is 0.991. The first-order valence-electron chi connectivity index (χ1n) is 8.15. The van der Waals surface area contributed by atoms with E-state index < -0.39 is 0 Å². The molecule has 1 aliphatic rings. The van der Waals surface area contributed by atoms with Gasteiger partial charge in [-0.15, -0.1) is 11.3 Å². The summed E-state index contributed by atoms with van der Waals surface area (Å²) in [6.07, 6.45) is 7.57. The molecule has 0 spiro atoms. The van der Waals surface area contributed by atoms with E-state index in [1.54, 1.807) is 6.33 Å². The second kappa shape index (κ2) is 6.16. The Morgan fingerprint density at radius 2 is 1.91 bits per heavy atom. The van der Waals surface area contributed by atoms with Crippen molar-refractivity contribution in [2.24, 2.45) is 0 Å². The van der Waals surface area contributed by atoms with Crippen LogP contribution in [0.1, 0.15) is 28.8 Å². The van der Waals surface area contributed by atoms with Crippen molar-refractivity contribution in [2.45, 2.75) is 32.1 Å². The standard InChI is InChI=1S/C18H20N4S/c19-13-7-5-12(6-8-13)9-10-20-17-16-14-3-1-2-4-15(14)23-18(16)22-11-21-17/h5-8,11H,1-4,9-10,19H2,(H,20,21,22). The Hall–Kier alpha value is -2.14. The molecule has 0 unspecified atom stereocenters. The predicted molar refractivity (Wildman–Crippen MR) is 97.1 cm³/mol. The van der Waals surface area contributed by atoms with Gasteiger partial charge in [0.2, 0.25) is 0 Å². The van der Waals surface area contributed by atoms with Crippen LogP contribution < -0.4 is 11.1 Å². The van der Waals surface area contributed by atoms with Crippen LogP contribution in [0.3, 0.4) is 0 Å². The van der Waals surface area contributed by atoms with E-state index in [0.717, 1.165) is 35.7 Å². The highest BCUT2D eigenvalue weighted by molar-refractivity contribution is 7.19. The number of benzene rings is 1. The molecule has 0 atom stereocenters. The molecule has 4 nitrogen and oxygen atoms in total. The van der Waals surface area contributed by atoms with Gasteiger partial charge in [0, 0.05) is 17.1 Å². The summed E-state index contributed by atoms with van der Waals surface area (Å²) >= 11 is 1.84. The largest absolute Gasteiger partial charge is 0.399 e. The highest BCUT2D eigenvalue weighted by Gasteiger charge is 2.19. The summed E-state index contributed by atoms with van der Waals surface area (Å²) in [4.78, 5) is 11.6. The average Bonchev–Trinajstić information content (AvgIpc) is 2.96. The number of nitrogens with one attached hydrogen (secondary N) is 1. The molecule has 0 fully saturated rings. The van der Waals surface area contributed by atoms with Gasteiger partial charge in [-0.05, 0) is 55.4 Å². The van der Waals surface area contributed by atoms with Crippen LogP contribution in [0.5, 0.6) is 0 Å². The van der Waals surface area contributed by atoms with Gasteiger partial charge in [0.15, 0.2) is 0 Å². The Bertz CT molecular complexity index is 823. The molecule has 1 aromatic carbocycles. The molecular formula is C18H20N4S. The van der Waals surface area contributed by atoms with Gasteiger partial charge >= 0.3 is 0 Å². The number of nitrogens with two attached hydrogens (primary N) is 1. The molecule has 4 rings (SSSR count). The second-order valence-electron chi connectivity index (χ2n) is 6.03. The SMILES string of the molecule is Nc1ccc(CCNc2ncnc3sc4c(c23)CCCC4)cc1. The predicted octanol–water partition coefficient (Wildman–Crippen LogP) is 3.81. The fourth-order valence-corrected chi connectivity index (χ4v) is 4.46. The van der Waals surface area contributed by atoms with Crippen LogP contribution in [0.25, 0.3) is 10.2 Å². The maximum atomic E-state index is 5.73. The molecule has 2 aromatic heterocycles. The number of aromatic nitrogens is 2. The van der Waals surface area contributed by atoms with Gasteiger partial charge in [-0.3, -0.25) is 0 Å². The second-order valence-corrected chi connectivity index (χ2v) is 7.12. The summed E-state index contributed by atoms with van der Waals surface area (Å²) < 4.78 is 0. The van der Waals surface area contributed by atoms with Gasteiger partial charge < -0.3 is 11.1 Å². The van der Waals surface area contributed by atoms with Crippen LogP contribution >= 0.6 is 11.3 Å². The van der Waals surface area contributed by atoms with Crippen molar-refractivity contribution in [2.75, 3.05) is 17.6 Å². The first kappa shape index (κ1) is 14.5. The molecule has 3 aromatic rings. The van der Waals surface area contributed by atoms with Crippen molar-refractivity contribution >= 4 is 33.1 Å². The highest BCUT2D eigenvalue weighted by atomic mass is 32.1. The van der Waals surface area contributed by atoms with Crippen LogP contribution in [-0.2, 0) is 19.3 Å². The van der Waals surface area contributed by atoms with Gasteiger partial charge in [-0.2, -0.15) is 0 Å². The van der Waals surface area contributed by atoms with Gasteiger partial charge in [0.05, 0.1) is 5.39 Å². The Kier molecular flexibility index (Phi) is 3.87. The Morgan fingerprint density at radius 1 is 1.09 bits per heavy atom. The van der Waals surface area contributed by atoms with E-state index in [-0.39, 0.29) is 0 Å². The van der Waals surface area contributed by atoms with Crippen LogP contribution in [0.2, 0.25) is 0 Å². The first-order chi connectivity index (χ1) is 11.3. The van der Waals surface area contributed by atoms with Crippen molar-refractivity contribution in [1.82, 2.24) is 9.97 Å². The van der Waals surface area contributed by atoms with E-state index in [0.29, 0.717) is 0 Å². The molecule has 1 aliphatic carbocycles. The van der Waals surface area contributed by atoms with Gasteiger partial charge in [-0.25, -0.2) is 9.97 Å². The number of rotatable bonds is 4. The third-order valence-electron chi connectivity index (χ3n) is 4.44. The molecule has 0 aliphatic heterocycles. The van der Waals surface area contributed by atoms with Crippen LogP contribution in [-0.4, -0.2) is 16.5 Å². The molecule has 5 heteroatoms. The maximum Gasteiger partial charge on any atom is 0.138 e. The summed E-state index contributed by atoms with van der Waals surface area (Å²) in [7, 11) is 0. The molecule has 118 valence electrons. The number of anilines is 2. The minimum absolute atomic E-state index is 0.809. The van der Waals surface area contributed by atoms with Gasteiger partial charge in [0.1, 0.15) is 17.0 Å². The third kappa shape index (κ3) is 2.88. The van der Waals surface area contributed by atoms with Crippen LogP contribution in [0.15, 0.2) is 30.6 Å². The zero-order chi connectivity index (χ0) is 15.6. The normalized spacial score (nSPS) is 13.9. The molecule has 23 heavy (non-hydrogen) atoms. The molecule has 0 saturated heterocycles.